The van der Waals surface area contributed by atoms with Gasteiger partial charge in [-0.3, -0.25) is 19.4 Å². The molecule has 2 aromatic heterocycles. The van der Waals surface area contributed by atoms with Crippen molar-refractivity contribution in [3.8, 4) is 0 Å². The Hall–Kier alpha value is -2.96. The number of pyridine rings is 2. The van der Waals surface area contributed by atoms with Crippen molar-refractivity contribution >= 4 is 12.4 Å². The van der Waals surface area contributed by atoms with E-state index in [9.17, 15) is 9.59 Å². The summed E-state index contributed by atoms with van der Waals surface area (Å²) in [4.78, 5) is 37.5. The van der Waals surface area contributed by atoms with Gasteiger partial charge in [0, 0.05) is 36.6 Å². The lowest BCUT2D eigenvalue weighted by atomic mass is 10.1. The number of carbonyl (C=O) groups is 2. The van der Waals surface area contributed by atoms with E-state index >= 15 is 0 Å². The Morgan fingerprint density at radius 3 is 2.54 bits per heavy atom. The fraction of sp³-hybridized carbons (Fsp3) is 0.368. The van der Waals surface area contributed by atoms with Gasteiger partial charge in [-0.15, -0.1) is 0 Å². The highest BCUT2D eigenvalue weighted by Crippen LogP contribution is 2.07. The molecule has 1 unspecified atom stereocenters. The van der Waals surface area contributed by atoms with Gasteiger partial charge in [0.05, 0.1) is 0 Å². The lowest BCUT2D eigenvalue weighted by Crippen LogP contribution is -2.38. The summed E-state index contributed by atoms with van der Waals surface area (Å²) in [6.45, 7) is 7.36. The van der Waals surface area contributed by atoms with Gasteiger partial charge < -0.3 is 15.0 Å². The van der Waals surface area contributed by atoms with Gasteiger partial charge in [-0.2, -0.15) is 0 Å². The van der Waals surface area contributed by atoms with Gasteiger partial charge in [0.25, 0.3) is 17.9 Å². The zero-order chi connectivity index (χ0) is 19.9. The van der Waals surface area contributed by atoms with E-state index in [1.807, 2.05) is 45.9 Å². The fourth-order valence-corrected chi connectivity index (χ4v) is 2.52. The van der Waals surface area contributed by atoms with E-state index in [-0.39, 0.29) is 29.5 Å². The average Bonchev–Trinajstić information content (AvgIpc) is 2.56. The smallest absolute Gasteiger partial charge is 0.290 e. The molecule has 0 aromatic carbocycles. The molecule has 140 valence electrons. The molecule has 2 rings (SSSR count). The van der Waals surface area contributed by atoms with Gasteiger partial charge in [-0.05, 0) is 51.5 Å². The summed E-state index contributed by atoms with van der Waals surface area (Å²) in [7, 11) is 1.68. The molecule has 0 aliphatic carbocycles. The molecule has 0 bridgehead atoms. The molecule has 2 heterocycles. The van der Waals surface area contributed by atoms with Crippen LogP contribution >= 0.6 is 0 Å². The van der Waals surface area contributed by atoms with Gasteiger partial charge in [0.1, 0.15) is 5.56 Å². The minimum atomic E-state index is -0.339. The SMILES string of the molecule is Cc1cccc(CC(C)NC(=O)c2cc(C)c(C)n(C)c2=O)n1.O=CO. The van der Waals surface area contributed by atoms with Crippen LogP contribution in [0.5, 0.6) is 0 Å². The third kappa shape index (κ3) is 5.54. The predicted octanol–water partition coefficient (Wildman–Crippen LogP) is 1.77. The number of rotatable bonds is 4. The molecular weight excluding hydrogens is 334 g/mol. The monoisotopic (exact) mass is 359 g/mol. The summed E-state index contributed by atoms with van der Waals surface area (Å²) in [5.74, 6) is -0.339. The van der Waals surface area contributed by atoms with Crippen molar-refractivity contribution in [1.29, 1.82) is 0 Å². The van der Waals surface area contributed by atoms with Crippen molar-refractivity contribution in [2.45, 2.75) is 40.2 Å². The highest BCUT2D eigenvalue weighted by atomic mass is 16.3. The minimum absolute atomic E-state index is 0.108. The number of aromatic nitrogens is 2. The average molecular weight is 359 g/mol. The van der Waals surface area contributed by atoms with Gasteiger partial charge >= 0.3 is 0 Å². The van der Waals surface area contributed by atoms with Crippen molar-refractivity contribution in [2.75, 3.05) is 0 Å². The second-order valence-electron chi connectivity index (χ2n) is 6.14. The quantitative estimate of drug-likeness (QED) is 0.810. The summed E-state index contributed by atoms with van der Waals surface area (Å²) in [6.07, 6.45) is 0.624. The van der Waals surface area contributed by atoms with Crippen molar-refractivity contribution in [3.05, 3.63) is 62.8 Å². The molecule has 0 radical (unpaired) electrons. The maximum atomic E-state index is 12.4. The van der Waals surface area contributed by atoms with Crippen LogP contribution in [0, 0.1) is 20.8 Å². The molecule has 0 aliphatic heterocycles. The fourth-order valence-electron chi connectivity index (χ4n) is 2.52. The number of nitrogens with zero attached hydrogens (tertiary/aromatic N) is 2. The van der Waals surface area contributed by atoms with E-state index in [1.165, 1.54) is 4.57 Å². The summed E-state index contributed by atoms with van der Waals surface area (Å²) in [6, 6.07) is 7.37. The van der Waals surface area contributed by atoms with E-state index in [0.717, 1.165) is 22.6 Å². The van der Waals surface area contributed by atoms with Crippen LogP contribution in [0.3, 0.4) is 0 Å². The molecule has 7 nitrogen and oxygen atoms in total. The molecule has 0 aliphatic rings. The zero-order valence-corrected chi connectivity index (χ0v) is 15.7. The Morgan fingerprint density at radius 1 is 1.35 bits per heavy atom. The lowest BCUT2D eigenvalue weighted by molar-refractivity contribution is -0.122. The van der Waals surface area contributed by atoms with Crippen LogP contribution in [-0.2, 0) is 18.3 Å². The lowest BCUT2D eigenvalue weighted by Gasteiger charge is -2.15. The molecular formula is C19H25N3O4. The summed E-state index contributed by atoms with van der Waals surface area (Å²) >= 11 is 0. The minimum Gasteiger partial charge on any atom is -0.483 e. The topological polar surface area (TPSA) is 101 Å². The summed E-state index contributed by atoms with van der Waals surface area (Å²) in [5.41, 5.74) is 3.56. The Bertz CT molecular complexity index is 843. The van der Waals surface area contributed by atoms with Gasteiger partial charge in [-0.1, -0.05) is 6.07 Å². The van der Waals surface area contributed by atoms with Crippen LogP contribution in [0.15, 0.2) is 29.1 Å². The molecule has 0 saturated heterocycles. The predicted molar refractivity (Wildman–Crippen MR) is 99.5 cm³/mol. The van der Waals surface area contributed by atoms with Crippen LogP contribution < -0.4 is 10.9 Å². The number of carboxylic acid groups (broad SMARTS) is 1. The summed E-state index contributed by atoms with van der Waals surface area (Å²) < 4.78 is 1.51. The van der Waals surface area contributed by atoms with Crippen LogP contribution in [0.1, 0.15) is 39.9 Å². The molecule has 0 spiro atoms. The highest BCUT2D eigenvalue weighted by Gasteiger charge is 2.16. The number of hydrogen-bond acceptors (Lipinski definition) is 4. The van der Waals surface area contributed by atoms with E-state index in [2.05, 4.69) is 10.3 Å². The van der Waals surface area contributed by atoms with Crippen molar-refractivity contribution in [3.63, 3.8) is 0 Å². The van der Waals surface area contributed by atoms with Gasteiger partial charge in [-0.25, -0.2) is 0 Å². The molecule has 2 aromatic rings. The molecule has 2 N–H and O–H groups in total. The molecule has 0 saturated carbocycles. The number of hydrogen-bond donors (Lipinski definition) is 2. The zero-order valence-electron chi connectivity index (χ0n) is 15.7. The first-order chi connectivity index (χ1) is 12.2. The van der Waals surface area contributed by atoms with E-state index in [1.54, 1.807) is 13.1 Å². The van der Waals surface area contributed by atoms with Gasteiger partial charge in [0.2, 0.25) is 0 Å². The largest absolute Gasteiger partial charge is 0.483 e. The second-order valence-corrected chi connectivity index (χ2v) is 6.14. The number of amides is 1. The molecule has 26 heavy (non-hydrogen) atoms. The first-order valence-electron chi connectivity index (χ1n) is 8.19. The van der Waals surface area contributed by atoms with Crippen LogP contribution in [0.25, 0.3) is 0 Å². The molecule has 1 atom stereocenters. The molecule has 7 heteroatoms. The van der Waals surface area contributed by atoms with Gasteiger partial charge in [0.15, 0.2) is 0 Å². The van der Waals surface area contributed by atoms with E-state index < -0.39 is 0 Å². The number of nitrogens with one attached hydrogen (secondary N) is 1. The first-order valence-corrected chi connectivity index (χ1v) is 8.19. The maximum absolute atomic E-state index is 12.4. The number of carbonyl (C=O) groups excluding carboxylic acids is 1. The molecule has 0 fully saturated rings. The van der Waals surface area contributed by atoms with E-state index in [4.69, 9.17) is 9.90 Å². The Morgan fingerprint density at radius 2 is 1.96 bits per heavy atom. The Labute approximate surface area is 152 Å². The van der Waals surface area contributed by atoms with Crippen molar-refractivity contribution < 1.29 is 14.7 Å². The first kappa shape index (κ1) is 21.1. The van der Waals surface area contributed by atoms with Crippen LogP contribution in [0.4, 0.5) is 0 Å². The number of aryl methyl sites for hydroxylation is 2. The normalized spacial score (nSPS) is 11.1. The Kier molecular flexibility index (Phi) is 7.71. The molecule has 1 amide bonds. The van der Waals surface area contributed by atoms with E-state index in [0.29, 0.717) is 6.42 Å². The van der Waals surface area contributed by atoms with Crippen molar-refractivity contribution in [2.24, 2.45) is 7.05 Å². The highest BCUT2D eigenvalue weighted by molar-refractivity contribution is 5.94. The Balaban J connectivity index is 0.00000105. The third-order valence-corrected chi connectivity index (χ3v) is 4.05. The second kappa shape index (κ2) is 9.50. The van der Waals surface area contributed by atoms with Crippen LogP contribution in [0.2, 0.25) is 0 Å². The summed E-state index contributed by atoms with van der Waals surface area (Å²) in [5, 5.41) is 9.78. The van der Waals surface area contributed by atoms with Crippen molar-refractivity contribution in [1.82, 2.24) is 14.9 Å². The maximum Gasteiger partial charge on any atom is 0.290 e. The van der Waals surface area contributed by atoms with Crippen LogP contribution in [-0.4, -0.2) is 33.1 Å². The standard InChI is InChI=1S/C18H23N3O2.CH2O2/c1-11-9-16(18(23)21(5)14(11)4)17(22)20-13(3)10-15-8-6-7-12(2)19-15;2-1-3/h6-9,13H,10H2,1-5H3,(H,20,22);1H,(H,2,3). The third-order valence-electron chi connectivity index (χ3n) is 4.05.